The maximum atomic E-state index is 13.8. The molecule has 0 aromatic heterocycles. The van der Waals surface area contributed by atoms with Gasteiger partial charge in [0.1, 0.15) is 12.1 Å². The molecule has 2 rings (SSSR count). The number of carbonyl (C=O) groups excluding carboxylic acids is 6. The van der Waals surface area contributed by atoms with Crippen LogP contribution in [0.4, 0.5) is 0 Å². The number of halogens is 1. The van der Waals surface area contributed by atoms with Gasteiger partial charge in [0.2, 0.25) is 35.4 Å². The Balaban J connectivity index is 1.79. The Kier molecular flexibility index (Phi) is 48.6. The number of ether oxygens (including phenoxy) is 8. The minimum absolute atomic E-state index is 0.0436. The van der Waals surface area contributed by atoms with E-state index in [0.29, 0.717) is 150 Å². The van der Waals surface area contributed by atoms with Crippen molar-refractivity contribution in [1.29, 1.82) is 0 Å². The monoisotopic (exact) mass is 1420 g/mol. The molecule has 0 aliphatic carbocycles. The number of primary amides is 1. The summed E-state index contributed by atoms with van der Waals surface area (Å²) in [4.78, 5) is 120. The summed E-state index contributed by atoms with van der Waals surface area (Å²) >= 11 is 2.20. The zero-order chi connectivity index (χ0) is 67.4. The summed E-state index contributed by atoms with van der Waals surface area (Å²) < 4.78 is 45.4. The highest BCUT2D eigenvalue weighted by Crippen LogP contribution is 2.11. The second kappa shape index (κ2) is 54.0. The number of hydrogen-bond donors (Lipinski definition) is 9. The molecular formula is C61H105IN10O20. The third kappa shape index (κ3) is 47.6. The van der Waals surface area contributed by atoms with E-state index < -0.39 is 60.0 Å². The fourth-order valence-electron chi connectivity index (χ4n) is 9.00. The first-order chi connectivity index (χ1) is 44.3. The highest BCUT2D eigenvalue weighted by atomic mass is 127. The Bertz CT molecular complexity index is 2200. The van der Waals surface area contributed by atoms with Crippen LogP contribution in [-0.4, -0.2) is 304 Å². The molecule has 1 saturated heterocycles. The average molecular weight is 1430 g/mol. The molecule has 2 atom stereocenters. The fraction of sp³-hybridized carbons (Fsp3) is 0.754. The molecular weight excluding hydrogens is 1320 g/mol. The lowest BCUT2D eigenvalue weighted by Gasteiger charge is -2.33. The smallest absolute Gasteiger partial charge is 0.317 e. The zero-order valence-corrected chi connectivity index (χ0v) is 56.2. The number of nitrogens with one attached hydrogen (secondary N) is 5. The van der Waals surface area contributed by atoms with Crippen molar-refractivity contribution in [2.45, 2.75) is 90.1 Å². The first kappa shape index (κ1) is 82.8. The van der Waals surface area contributed by atoms with Crippen LogP contribution in [0.25, 0.3) is 0 Å². The van der Waals surface area contributed by atoms with Gasteiger partial charge in [0.15, 0.2) is 0 Å². The number of carbonyl (C=O) groups is 9. The van der Waals surface area contributed by atoms with Gasteiger partial charge in [-0.05, 0) is 91.2 Å². The van der Waals surface area contributed by atoms with Crippen molar-refractivity contribution in [3.63, 3.8) is 0 Å². The van der Waals surface area contributed by atoms with Crippen molar-refractivity contribution >= 4 is 75.9 Å². The maximum absolute atomic E-state index is 13.8. The van der Waals surface area contributed by atoms with Crippen LogP contribution in [0.5, 0.6) is 0 Å². The van der Waals surface area contributed by atoms with Crippen LogP contribution in [0.1, 0.15) is 77.2 Å². The summed E-state index contributed by atoms with van der Waals surface area (Å²) in [5, 5.41) is 42.5. The van der Waals surface area contributed by atoms with Crippen LogP contribution in [0.15, 0.2) is 24.3 Å². The lowest BCUT2D eigenvalue weighted by atomic mass is 10.1. The minimum Gasteiger partial charge on any atom is -0.481 e. The third-order valence-corrected chi connectivity index (χ3v) is 14.7. The van der Waals surface area contributed by atoms with Gasteiger partial charge in [-0.25, -0.2) is 0 Å². The Morgan fingerprint density at radius 2 is 0.848 bits per heavy atom. The van der Waals surface area contributed by atoms with Gasteiger partial charge < -0.3 is 85.5 Å². The second-order valence-corrected chi connectivity index (χ2v) is 23.5. The number of nitrogens with two attached hydrogens (primary N) is 1. The molecule has 31 heteroatoms. The maximum Gasteiger partial charge on any atom is 0.317 e. The molecule has 0 saturated carbocycles. The van der Waals surface area contributed by atoms with E-state index >= 15 is 0 Å². The summed E-state index contributed by atoms with van der Waals surface area (Å²) in [6.45, 7) is 12.3. The van der Waals surface area contributed by atoms with Crippen LogP contribution in [0, 0.1) is 9.49 Å². The number of nitrogens with zero attached hydrogens (tertiary/aromatic N) is 4. The summed E-state index contributed by atoms with van der Waals surface area (Å²) in [6.07, 6.45) is 2.76. The van der Waals surface area contributed by atoms with E-state index in [-0.39, 0.29) is 123 Å². The minimum atomic E-state index is -1.25. The molecule has 6 amide bonds. The Morgan fingerprint density at radius 1 is 0.435 bits per heavy atom. The van der Waals surface area contributed by atoms with Crippen molar-refractivity contribution < 1.29 is 96.4 Å². The molecule has 1 fully saturated rings. The van der Waals surface area contributed by atoms with Crippen LogP contribution in [0.3, 0.4) is 0 Å². The van der Waals surface area contributed by atoms with Crippen molar-refractivity contribution in [3.05, 3.63) is 33.4 Å². The van der Waals surface area contributed by atoms with E-state index in [4.69, 9.17) is 43.6 Å². The zero-order valence-electron chi connectivity index (χ0n) is 54.1. The molecule has 1 aliphatic rings. The molecule has 30 nitrogen and oxygen atoms in total. The number of amides is 6. The van der Waals surface area contributed by atoms with Gasteiger partial charge in [-0.2, -0.15) is 0 Å². The largest absolute Gasteiger partial charge is 0.481 e. The molecule has 0 spiro atoms. The van der Waals surface area contributed by atoms with Crippen molar-refractivity contribution in [2.24, 2.45) is 11.7 Å². The first-order valence-corrected chi connectivity index (χ1v) is 33.0. The summed E-state index contributed by atoms with van der Waals surface area (Å²) in [6, 6.07) is 5.51. The van der Waals surface area contributed by atoms with Gasteiger partial charge in [-0.1, -0.05) is 26.0 Å². The normalized spacial score (nSPS) is 14.6. The number of rotatable bonds is 54. The molecule has 1 aliphatic heterocycles. The summed E-state index contributed by atoms with van der Waals surface area (Å²) in [7, 11) is 0. The van der Waals surface area contributed by atoms with E-state index in [1.807, 2.05) is 29.2 Å². The lowest BCUT2D eigenvalue weighted by molar-refractivity contribution is -0.140. The van der Waals surface area contributed by atoms with E-state index in [2.05, 4.69) is 63.0 Å². The molecule has 526 valence electrons. The highest BCUT2D eigenvalue weighted by Gasteiger charge is 2.28. The fourth-order valence-corrected chi connectivity index (χ4v) is 9.36. The van der Waals surface area contributed by atoms with Crippen LogP contribution in [-0.2, 0) is 87.5 Å². The average Bonchev–Trinajstić information content (AvgIpc) is 1.94. The van der Waals surface area contributed by atoms with Gasteiger partial charge in [0, 0.05) is 94.8 Å². The third-order valence-electron chi connectivity index (χ3n) is 14.0. The standard InChI is InChI=1S/C61H105IN10O20/c1-48(2)9-15-54(74)65-18-28-85-30-32-87-34-36-89-38-40-91-42-43-92-41-39-90-37-35-88-33-31-86-29-19-66-60(83)51(68-61(84)52(14-16-57(77)78)67-55(75)8-5-6-49-10-12-50(62)13-11-49)7-3-4-17-64-56(76)45-70-22-20-69(44-53(63)73)21-24-71(46-58(79)80)26-27-72(25-23-70)47-59(81)82/h10-13,48,51-52H,3-9,14-47H2,1-2H3,(H2,63,73)(H,64,76)(H,65,74)(H,66,83)(H,67,75)(H,68,84)(H,77,78)(H,79,80)(H,81,82)/t51-,52-/m1/s1. The molecule has 92 heavy (non-hydrogen) atoms. The molecule has 0 radical (unpaired) electrons. The molecule has 0 unspecified atom stereocenters. The number of carboxylic acids is 3. The predicted octanol–water partition coefficient (Wildman–Crippen LogP) is -0.588. The Morgan fingerprint density at radius 3 is 1.28 bits per heavy atom. The Labute approximate surface area is 555 Å². The van der Waals surface area contributed by atoms with Crippen LogP contribution < -0.4 is 32.3 Å². The van der Waals surface area contributed by atoms with Crippen LogP contribution >= 0.6 is 22.6 Å². The van der Waals surface area contributed by atoms with Gasteiger partial charge >= 0.3 is 17.9 Å². The van der Waals surface area contributed by atoms with E-state index in [1.54, 1.807) is 14.7 Å². The summed E-state index contributed by atoms with van der Waals surface area (Å²) in [5.41, 5.74) is 6.56. The van der Waals surface area contributed by atoms with Crippen molar-refractivity contribution in [1.82, 2.24) is 46.2 Å². The number of aliphatic carboxylic acids is 3. The second-order valence-electron chi connectivity index (χ2n) is 22.3. The topological polar surface area (TPSA) is 387 Å². The van der Waals surface area contributed by atoms with Gasteiger partial charge in [-0.3, -0.25) is 62.8 Å². The summed E-state index contributed by atoms with van der Waals surface area (Å²) in [5.74, 6) is -5.36. The first-order valence-electron chi connectivity index (χ1n) is 31.9. The van der Waals surface area contributed by atoms with E-state index in [1.165, 1.54) is 0 Å². The quantitative estimate of drug-likeness (QED) is 0.0291. The van der Waals surface area contributed by atoms with Crippen molar-refractivity contribution in [2.75, 3.05) is 204 Å². The Hall–Kier alpha value is -5.30. The van der Waals surface area contributed by atoms with E-state index in [0.717, 1.165) is 15.6 Å². The van der Waals surface area contributed by atoms with Gasteiger partial charge in [-0.15, -0.1) is 0 Å². The molecule has 1 heterocycles. The lowest BCUT2D eigenvalue weighted by Crippen LogP contribution is -2.54. The van der Waals surface area contributed by atoms with Gasteiger partial charge in [0.25, 0.3) is 0 Å². The number of unbranched alkanes of at least 4 members (excludes halogenated alkanes) is 1. The van der Waals surface area contributed by atoms with Crippen LogP contribution in [0.2, 0.25) is 0 Å². The number of carboxylic acid groups (broad SMARTS) is 3. The molecule has 1 aromatic carbocycles. The predicted molar refractivity (Wildman–Crippen MR) is 347 cm³/mol. The molecule has 1 aromatic rings. The van der Waals surface area contributed by atoms with Gasteiger partial charge in [0.05, 0.1) is 132 Å². The SMILES string of the molecule is CC(C)CCC(=O)NCCOCCOCCOCCOCCOCCOCCOCCOCCNC(=O)[C@@H](CCCCNC(=O)CN1CCN(CC(N)=O)CCN(CC(=O)O)CCN(CC(=O)O)CC1)NC(=O)[C@@H](CCC(=O)O)NC(=O)CCCc1ccc(I)cc1. The number of benzene rings is 1. The van der Waals surface area contributed by atoms with E-state index in [9.17, 15) is 58.5 Å². The van der Waals surface area contributed by atoms with Crippen molar-refractivity contribution in [3.8, 4) is 0 Å². The molecule has 0 bridgehead atoms. The molecule has 10 N–H and O–H groups in total. The number of hydrogen-bond acceptors (Lipinski definition) is 21. The highest BCUT2D eigenvalue weighted by molar-refractivity contribution is 14.1. The number of aryl methyl sites for hydroxylation is 1.